The van der Waals surface area contributed by atoms with Gasteiger partial charge in [0.15, 0.2) is 0 Å². The molecule has 1 saturated heterocycles. The van der Waals surface area contributed by atoms with Gasteiger partial charge in [0.05, 0.1) is 12.5 Å². The Morgan fingerprint density at radius 1 is 1.00 bits per heavy atom. The molecule has 3 nitrogen and oxygen atoms in total. The van der Waals surface area contributed by atoms with E-state index in [1.165, 1.54) is 24.3 Å². The van der Waals surface area contributed by atoms with Crippen molar-refractivity contribution in [3.63, 3.8) is 0 Å². The lowest BCUT2D eigenvalue weighted by Gasteiger charge is -2.34. The number of halogens is 2. The van der Waals surface area contributed by atoms with Gasteiger partial charge in [-0.25, -0.2) is 8.78 Å². The lowest BCUT2D eigenvalue weighted by atomic mass is 9.70. The fraction of sp³-hybridized carbons (Fsp3) is 0.296. The van der Waals surface area contributed by atoms with Crippen LogP contribution in [-0.4, -0.2) is 23.3 Å². The van der Waals surface area contributed by atoms with Gasteiger partial charge in [-0.05, 0) is 70.0 Å². The average molecular weight is 436 g/mol. The summed E-state index contributed by atoms with van der Waals surface area (Å²) >= 11 is 0. The molecule has 2 aliphatic rings. The minimum atomic E-state index is -0.708. The van der Waals surface area contributed by atoms with Crippen molar-refractivity contribution in [2.75, 3.05) is 0 Å². The Balaban J connectivity index is 1.79. The molecule has 2 aromatic carbocycles. The number of allylic oxidation sites excluding steroid dienone is 5. The van der Waals surface area contributed by atoms with Gasteiger partial charge in [0, 0.05) is 6.42 Å². The first kappa shape index (κ1) is 22.2. The number of esters is 1. The highest BCUT2D eigenvalue weighted by Crippen LogP contribution is 2.46. The average Bonchev–Trinajstić information content (AvgIpc) is 2.72. The summed E-state index contributed by atoms with van der Waals surface area (Å²) in [7, 11) is 0. The number of aliphatic hydroxyl groups excluding tert-OH is 1. The first-order chi connectivity index (χ1) is 15.2. The molecule has 1 aliphatic heterocycles. The zero-order valence-electron chi connectivity index (χ0n) is 18.1. The van der Waals surface area contributed by atoms with E-state index in [2.05, 4.69) is 19.9 Å². The number of hydrogen-bond acceptors (Lipinski definition) is 3. The molecule has 1 N–H and O–H groups in total. The molecule has 1 aliphatic carbocycles. The molecule has 2 atom stereocenters. The Bertz CT molecular complexity index is 1090. The van der Waals surface area contributed by atoms with Crippen molar-refractivity contribution in [2.45, 2.75) is 45.3 Å². The quantitative estimate of drug-likeness (QED) is 0.611. The van der Waals surface area contributed by atoms with E-state index < -0.39 is 18.2 Å². The molecule has 4 rings (SSSR count). The van der Waals surface area contributed by atoms with Crippen LogP contribution in [0.25, 0.3) is 11.1 Å². The highest BCUT2D eigenvalue weighted by Gasteiger charge is 2.31. The van der Waals surface area contributed by atoms with E-state index in [4.69, 9.17) is 4.74 Å². The van der Waals surface area contributed by atoms with Crippen LogP contribution >= 0.6 is 0 Å². The number of cyclic esters (lactones) is 1. The van der Waals surface area contributed by atoms with Gasteiger partial charge in [-0.1, -0.05) is 50.3 Å². The van der Waals surface area contributed by atoms with Crippen molar-refractivity contribution in [2.24, 2.45) is 5.41 Å². The first-order valence-corrected chi connectivity index (χ1v) is 10.7. The summed E-state index contributed by atoms with van der Waals surface area (Å²) < 4.78 is 32.4. The molecule has 5 heteroatoms. The minimum absolute atomic E-state index is 0.0170. The Morgan fingerprint density at radius 2 is 1.59 bits per heavy atom. The molecule has 1 heterocycles. The Labute approximate surface area is 186 Å². The molecule has 1 fully saturated rings. The summed E-state index contributed by atoms with van der Waals surface area (Å²) in [5.41, 5.74) is 4.51. The summed E-state index contributed by atoms with van der Waals surface area (Å²) in [6.45, 7) is 4.24. The van der Waals surface area contributed by atoms with Crippen molar-refractivity contribution in [1.29, 1.82) is 0 Å². The molecular formula is C27H26F2O3. The van der Waals surface area contributed by atoms with Crippen LogP contribution in [-0.2, 0) is 9.53 Å². The molecular weight excluding hydrogens is 410 g/mol. The summed E-state index contributed by atoms with van der Waals surface area (Å²) in [6, 6.07) is 12.8. The van der Waals surface area contributed by atoms with Crippen LogP contribution in [0.3, 0.4) is 0 Å². The minimum Gasteiger partial charge on any atom is -0.458 e. The normalized spacial score (nSPS) is 23.3. The monoisotopic (exact) mass is 436 g/mol. The summed E-state index contributed by atoms with van der Waals surface area (Å²) in [5.74, 6) is -1.01. The maximum absolute atomic E-state index is 13.6. The molecule has 0 radical (unpaired) electrons. The van der Waals surface area contributed by atoms with Gasteiger partial charge in [0.25, 0.3) is 0 Å². The number of aliphatic hydroxyl groups is 1. The molecule has 0 aromatic heterocycles. The van der Waals surface area contributed by atoms with Crippen molar-refractivity contribution in [3.8, 4) is 0 Å². The van der Waals surface area contributed by atoms with Gasteiger partial charge < -0.3 is 9.84 Å². The molecule has 0 bridgehead atoms. The van der Waals surface area contributed by atoms with Gasteiger partial charge in [0.1, 0.15) is 17.7 Å². The second-order valence-electron chi connectivity index (χ2n) is 9.05. The summed E-state index contributed by atoms with van der Waals surface area (Å²) in [4.78, 5) is 11.7. The third-order valence-electron chi connectivity index (χ3n) is 6.01. The highest BCUT2D eigenvalue weighted by molar-refractivity contribution is 5.90. The van der Waals surface area contributed by atoms with Crippen LogP contribution in [0.2, 0.25) is 0 Å². The predicted molar refractivity (Wildman–Crippen MR) is 120 cm³/mol. The second-order valence-corrected chi connectivity index (χ2v) is 9.05. The number of hydrogen-bond donors (Lipinski definition) is 1. The lowest BCUT2D eigenvalue weighted by molar-refractivity contribution is -0.156. The number of ether oxygens (including phenoxy) is 1. The van der Waals surface area contributed by atoms with Crippen LogP contribution in [0.15, 0.2) is 72.3 Å². The first-order valence-electron chi connectivity index (χ1n) is 10.7. The third kappa shape index (κ3) is 4.89. The largest absolute Gasteiger partial charge is 0.458 e. The number of benzene rings is 2. The van der Waals surface area contributed by atoms with Gasteiger partial charge >= 0.3 is 5.97 Å². The fourth-order valence-electron chi connectivity index (χ4n) is 4.40. The van der Waals surface area contributed by atoms with E-state index in [-0.39, 0.29) is 23.5 Å². The molecule has 0 spiro atoms. The summed E-state index contributed by atoms with van der Waals surface area (Å²) in [6.07, 6.45) is 5.72. The van der Waals surface area contributed by atoms with E-state index in [0.29, 0.717) is 6.42 Å². The Morgan fingerprint density at radius 3 is 2.19 bits per heavy atom. The fourth-order valence-corrected chi connectivity index (χ4v) is 4.40. The van der Waals surface area contributed by atoms with E-state index >= 15 is 0 Å². The zero-order chi connectivity index (χ0) is 22.9. The number of carbonyl (C=O) groups excluding carboxylic acids is 1. The summed E-state index contributed by atoms with van der Waals surface area (Å²) in [5, 5.41) is 9.91. The van der Waals surface area contributed by atoms with Crippen molar-refractivity contribution < 1.29 is 23.4 Å². The van der Waals surface area contributed by atoms with Crippen molar-refractivity contribution >= 4 is 17.1 Å². The molecule has 0 amide bonds. The topological polar surface area (TPSA) is 46.5 Å². The van der Waals surface area contributed by atoms with Crippen LogP contribution in [0, 0.1) is 17.0 Å². The SMILES string of the molecule is CC1(C)CC(c2ccc(F)cc2)=CC(c2ccc(F)cc2)=C1/C=C/[C@H]1C[C@H](O)CC(=O)O1. The van der Waals surface area contributed by atoms with E-state index in [1.54, 1.807) is 24.3 Å². The maximum Gasteiger partial charge on any atom is 0.309 e. The van der Waals surface area contributed by atoms with Gasteiger partial charge in [-0.15, -0.1) is 0 Å². The Kier molecular flexibility index (Phi) is 6.11. The molecule has 0 unspecified atom stereocenters. The maximum atomic E-state index is 13.6. The second kappa shape index (κ2) is 8.83. The van der Waals surface area contributed by atoms with Gasteiger partial charge in [0.2, 0.25) is 0 Å². The molecule has 2 aromatic rings. The molecule has 0 saturated carbocycles. The van der Waals surface area contributed by atoms with Gasteiger partial charge in [-0.2, -0.15) is 0 Å². The van der Waals surface area contributed by atoms with Crippen molar-refractivity contribution in [1.82, 2.24) is 0 Å². The molecule has 166 valence electrons. The van der Waals surface area contributed by atoms with Crippen LogP contribution < -0.4 is 0 Å². The smallest absolute Gasteiger partial charge is 0.309 e. The molecule has 32 heavy (non-hydrogen) atoms. The van der Waals surface area contributed by atoms with E-state index in [9.17, 15) is 18.7 Å². The Hall–Kier alpha value is -3.05. The van der Waals surface area contributed by atoms with Crippen LogP contribution in [0.1, 0.15) is 44.2 Å². The van der Waals surface area contributed by atoms with Crippen LogP contribution in [0.4, 0.5) is 8.78 Å². The number of rotatable bonds is 4. The van der Waals surface area contributed by atoms with Crippen LogP contribution in [0.5, 0.6) is 0 Å². The standard InChI is InChI=1S/C27H26F2O3/c1-27(2)16-19(17-3-7-20(28)8-4-17)13-24(18-5-9-21(29)10-6-18)25(27)12-11-23-14-22(30)15-26(31)32-23/h3-13,22-23,30H,14-16H2,1-2H3/b12-11+/t22-,23-/m0/s1. The van der Waals surface area contributed by atoms with E-state index in [0.717, 1.165) is 34.3 Å². The zero-order valence-corrected chi connectivity index (χ0v) is 18.1. The third-order valence-corrected chi connectivity index (χ3v) is 6.01. The van der Waals surface area contributed by atoms with Crippen molar-refractivity contribution in [3.05, 3.63) is 95.1 Å². The lowest BCUT2D eigenvalue weighted by Crippen LogP contribution is -2.31. The number of carbonyl (C=O) groups is 1. The predicted octanol–water partition coefficient (Wildman–Crippen LogP) is 5.85. The highest BCUT2D eigenvalue weighted by atomic mass is 19.1. The van der Waals surface area contributed by atoms with E-state index in [1.807, 2.05) is 12.2 Å². The van der Waals surface area contributed by atoms with Gasteiger partial charge in [-0.3, -0.25) is 4.79 Å².